The molecule has 3 aromatic rings. The average Bonchev–Trinajstić information content (AvgIpc) is 2.99. The lowest BCUT2D eigenvalue weighted by atomic mass is 10.1. The van der Waals surface area contributed by atoms with Gasteiger partial charge in [-0.15, -0.1) is 0 Å². The van der Waals surface area contributed by atoms with Crippen molar-refractivity contribution < 1.29 is 4.52 Å². The minimum absolute atomic E-state index is 0.314. The highest BCUT2D eigenvalue weighted by atomic mass is 79.9. The number of hydrogen-bond donors (Lipinski definition) is 1. The van der Waals surface area contributed by atoms with Crippen molar-refractivity contribution in [3.8, 4) is 16.8 Å². The van der Waals surface area contributed by atoms with Crippen LogP contribution in [0, 0.1) is 0 Å². The summed E-state index contributed by atoms with van der Waals surface area (Å²) in [6.07, 6.45) is 5.22. The lowest BCUT2D eigenvalue weighted by Gasteiger charge is -2.06. The first-order valence-corrected chi connectivity index (χ1v) is 6.05. The minimum Gasteiger partial charge on any atom is -0.367 e. The molecular weight excluding hydrogens is 296 g/mol. The van der Waals surface area contributed by atoms with Gasteiger partial charge in [0.1, 0.15) is 0 Å². The van der Waals surface area contributed by atoms with Crippen molar-refractivity contribution in [2.45, 2.75) is 0 Å². The summed E-state index contributed by atoms with van der Waals surface area (Å²) in [5.41, 5.74) is 8.37. The number of nitrogen functional groups attached to an aromatic ring is 1. The molecule has 0 spiro atoms. The van der Waals surface area contributed by atoms with Crippen molar-refractivity contribution in [1.82, 2.24) is 14.9 Å². The number of rotatable bonds is 2. The largest absolute Gasteiger partial charge is 0.367 e. The maximum Gasteiger partial charge on any atom is 0.229 e. The van der Waals surface area contributed by atoms with Gasteiger partial charge < -0.3 is 10.3 Å². The topological polar surface area (TPSA) is 69.9 Å². The Balaban J connectivity index is 2.07. The summed E-state index contributed by atoms with van der Waals surface area (Å²) in [5.74, 6) is 0.314. The molecule has 0 saturated heterocycles. The fraction of sp³-hybridized carbons (Fsp3) is 0. The second-order valence-corrected chi connectivity index (χ2v) is 4.57. The van der Waals surface area contributed by atoms with Crippen LogP contribution in [0.25, 0.3) is 16.8 Å². The number of nitrogens with two attached hydrogens (primary N) is 1. The third-order valence-electron chi connectivity index (χ3n) is 2.61. The first-order valence-electron chi connectivity index (χ1n) is 5.26. The molecule has 0 aliphatic heterocycles. The second-order valence-electron chi connectivity index (χ2n) is 3.72. The van der Waals surface area contributed by atoms with Gasteiger partial charge in [-0.1, -0.05) is 11.2 Å². The Morgan fingerprint density at radius 3 is 2.83 bits per heavy atom. The van der Waals surface area contributed by atoms with Crippen molar-refractivity contribution in [2.75, 3.05) is 5.73 Å². The molecule has 90 valence electrons. The van der Waals surface area contributed by atoms with Crippen LogP contribution in [-0.2, 0) is 0 Å². The summed E-state index contributed by atoms with van der Waals surface area (Å²) < 4.78 is 7.56. The quantitative estimate of drug-likeness (QED) is 0.790. The molecule has 0 atom stereocenters. The molecule has 3 rings (SSSR count). The number of benzene rings is 1. The Labute approximate surface area is 111 Å². The highest BCUT2D eigenvalue weighted by Crippen LogP contribution is 2.30. The lowest BCUT2D eigenvalue weighted by Crippen LogP contribution is -1.95. The van der Waals surface area contributed by atoms with Crippen molar-refractivity contribution in [3.05, 3.63) is 47.3 Å². The van der Waals surface area contributed by atoms with Gasteiger partial charge in [-0.2, -0.15) is 5.10 Å². The van der Waals surface area contributed by atoms with E-state index in [2.05, 4.69) is 26.2 Å². The van der Waals surface area contributed by atoms with Gasteiger partial charge in [-0.05, 0) is 39.7 Å². The Hall–Kier alpha value is -2.08. The van der Waals surface area contributed by atoms with Gasteiger partial charge in [0, 0.05) is 16.9 Å². The van der Waals surface area contributed by atoms with E-state index in [1.807, 2.05) is 30.5 Å². The molecule has 2 heterocycles. The van der Waals surface area contributed by atoms with Crippen LogP contribution in [0.4, 0.5) is 5.88 Å². The minimum atomic E-state index is 0.314. The molecule has 2 aromatic heterocycles. The van der Waals surface area contributed by atoms with E-state index in [4.69, 9.17) is 10.3 Å². The molecule has 0 amide bonds. The maximum absolute atomic E-state index is 5.69. The van der Waals surface area contributed by atoms with E-state index < -0.39 is 0 Å². The van der Waals surface area contributed by atoms with Crippen LogP contribution in [-0.4, -0.2) is 14.9 Å². The zero-order valence-electron chi connectivity index (χ0n) is 9.25. The van der Waals surface area contributed by atoms with Crippen molar-refractivity contribution in [3.63, 3.8) is 0 Å². The van der Waals surface area contributed by atoms with Gasteiger partial charge in [0.15, 0.2) is 0 Å². The SMILES string of the molecule is Nc1oncc1-c1ccc(-n2cccn2)c(Br)c1. The molecule has 0 unspecified atom stereocenters. The van der Waals surface area contributed by atoms with E-state index in [-0.39, 0.29) is 0 Å². The molecule has 0 fully saturated rings. The first kappa shape index (κ1) is 11.0. The van der Waals surface area contributed by atoms with Gasteiger partial charge in [-0.25, -0.2) is 4.68 Å². The van der Waals surface area contributed by atoms with Gasteiger partial charge in [0.05, 0.1) is 17.4 Å². The number of hydrogen-bond acceptors (Lipinski definition) is 4. The standard InChI is InChI=1S/C12H9BrN4O/c13-10-6-8(9-7-16-18-12(9)14)2-3-11(10)17-5-1-4-15-17/h1-7H,14H2. The molecule has 5 nitrogen and oxygen atoms in total. The number of nitrogens with zero attached hydrogens (tertiary/aromatic N) is 3. The maximum atomic E-state index is 5.69. The molecule has 1 aromatic carbocycles. The molecule has 0 aliphatic rings. The monoisotopic (exact) mass is 304 g/mol. The molecular formula is C12H9BrN4O. The van der Waals surface area contributed by atoms with Crippen LogP contribution in [0.15, 0.2) is 51.9 Å². The summed E-state index contributed by atoms with van der Waals surface area (Å²) in [7, 11) is 0. The Morgan fingerprint density at radius 2 is 2.22 bits per heavy atom. The van der Waals surface area contributed by atoms with Crippen LogP contribution >= 0.6 is 15.9 Å². The summed E-state index contributed by atoms with van der Waals surface area (Å²) in [6.45, 7) is 0. The van der Waals surface area contributed by atoms with Crippen molar-refractivity contribution >= 4 is 21.8 Å². The van der Waals surface area contributed by atoms with E-state index >= 15 is 0 Å². The van der Waals surface area contributed by atoms with E-state index in [1.54, 1.807) is 17.1 Å². The van der Waals surface area contributed by atoms with Crippen LogP contribution in [0.2, 0.25) is 0 Å². The van der Waals surface area contributed by atoms with Gasteiger partial charge in [0.2, 0.25) is 5.88 Å². The zero-order chi connectivity index (χ0) is 12.5. The average molecular weight is 305 g/mol. The van der Waals surface area contributed by atoms with Crippen LogP contribution in [0.5, 0.6) is 0 Å². The normalized spacial score (nSPS) is 10.7. The van der Waals surface area contributed by atoms with Crippen LogP contribution in [0.3, 0.4) is 0 Å². The predicted molar refractivity (Wildman–Crippen MR) is 71.2 cm³/mol. The Bertz CT molecular complexity index is 675. The Kier molecular flexibility index (Phi) is 2.64. The summed E-state index contributed by atoms with van der Waals surface area (Å²) >= 11 is 3.53. The summed E-state index contributed by atoms with van der Waals surface area (Å²) in [6, 6.07) is 7.74. The molecule has 0 bridgehead atoms. The van der Waals surface area contributed by atoms with Crippen molar-refractivity contribution in [1.29, 1.82) is 0 Å². The highest BCUT2D eigenvalue weighted by Gasteiger charge is 2.10. The zero-order valence-corrected chi connectivity index (χ0v) is 10.8. The lowest BCUT2D eigenvalue weighted by molar-refractivity contribution is 0.436. The Morgan fingerprint density at radius 1 is 1.33 bits per heavy atom. The van der Waals surface area contributed by atoms with Crippen molar-refractivity contribution in [2.24, 2.45) is 0 Å². The fourth-order valence-corrected chi connectivity index (χ4v) is 2.30. The summed E-state index contributed by atoms with van der Waals surface area (Å²) in [4.78, 5) is 0. The second kappa shape index (κ2) is 4.30. The predicted octanol–water partition coefficient (Wildman–Crippen LogP) is 2.87. The van der Waals surface area contributed by atoms with E-state index in [0.29, 0.717) is 5.88 Å². The van der Waals surface area contributed by atoms with E-state index in [9.17, 15) is 0 Å². The number of aromatic nitrogens is 3. The third kappa shape index (κ3) is 1.80. The molecule has 6 heteroatoms. The molecule has 2 N–H and O–H groups in total. The first-order chi connectivity index (χ1) is 8.75. The molecule has 0 radical (unpaired) electrons. The molecule has 18 heavy (non-hydrogen) atoms. The smallest absolute Gasteiger partial charge is 0.229 e. The van der Waals surface area contributed by atoms with Gasteiger partial charge >= 0.3 is 0 Å². The van der Waals surface area contributed by atoms with E-state index in [1.165, 1.54) is 0 Å². The third-order valence-corrected chi connectivity index (χ3v) is 3.24. The van der Waals surface area contributed by atoms with E-state index in [0.717, 1.165) is 21.3 Å². The summed E-state index contributed by atoms with van der Waals surface area (Å²) in [5, 5.41) is 7.86. The molecule has 0 aliphatic carbocycles. The van der Waals surface area contributed by atoms with Gasteiger partial charge in [-0.3, -0.25) is 0 Å². The number of anilines is 1. The molecule has 0 saturated carbocycles. The van der Waals surface area contributed by atoms with Crippen LogP contribution in [0.1, 0.15) is 0 Å². The van der Waals surface area contributed by atoms with Crippen LogP contribution < -0.4 is 5.73 Å². The van der Waals surface area contributed by atoms with Gasteiger partial charge in [0.25, 0.3) is 0 Å². The number of halogens is 1. The highest BCUT2D eigenvalue weighted by molar-refractivity contribution is 9.10. The fourth-order valence-electron chi connectivity index (χ4n) is 1.74.